The van der Waals surface area contributed by atoms with Crippen LogP contribution in [0.4, 0.5) is 4.79 Å². The Morgan fingerprint density at radius 1 is 1.26 bits per heavy atom. The Morgan fingerprint density at radius 3 is 2.26 bits per heavy atom. The second kappa shape index (κ2) is 9.03. The number of hydrogen-bond acceptors (Lipinski definition) is 4. The number of thioether (sulfide) groups is 1. The normalized spacial score (nSPS) is 12.8. The topological polar surface area (TPSA) is 98.7 Å². The summed E-state index contributed by atoms with van der Waals surface area (Å²) in [5.74, 6) is -1.28. The first-order valence-corrected chi connectivity index (χ1v) is 7.61. The maximum absolute atomic E-state index is 11.5. The molecule has 1 unspecified atom stereocenters. The molecule has 0 radical (unpaired) electrons. The van der Waals surface area contributed by atoms with E-state index in [1.165, 1.54) is 0 Å². The van der Waals surface area contributed by atoms with Crippen molar-refractivity contribution in [3.63, 3.8) is 0 Å². The molecule has 2 amide bonds. The molecule has 6 nitrogen and oxygen atoms in total. The van der Waals surface area contributed by atoms with Crippen molar-refractivity contribution >= 4 is 23.8 Å². The number of aliphatic carboxylic acids is 1. The van der Waals surface area contributed by atoms with E-state index in [2.05, 4.69) is 24.5 Å². The third-order valence-corrected chi connectivity index (χ3v) is 4.87. The van der Waals surface area contributed by atoms with Crippen molar-refractivity contribution in [1.82, 2.24) is 10.6 Å². The van der Waals surface area contributed by atoms with Crippen LogP contribution in [0.5, 0.6) is 0 Å². The average Bonchev–Trinajstić information content (AvgIpc) is 2.40. The summed E-state index contributed by atoms with van der Waals surface area (Å²) >= 11 is 1.73. The Labute approximate surface area is 118 Å². The van der Waals surface area contributed by atoms with Crippen LogP contribution in [-0.2, 0) is 4.79 Å². The van der Waals surface area contributed by atoms with E-state index in [1.54, 1.807) is 11.8 Å². The van der Waals surface area contributed by atoms with Crippen molar-refractivity contribution in [2.75, 3.05) is 19.3 Å². The molecule has 19 heavy (non-hydrogen) atoms. The summed E-state index contributed by atoms with van der Waals surface area (Å²) < 4.78 is 0.0396. The van der Waals surface area contributed by atoms with Crippen LogP contribution in [0, 0.1) is 0 Å². The molecular formula is C12H24N2O4S. The molecule has 0 bridgehead atoms. The molecule has 0 aromatic heterocycles. The summed E-state index contributed by atoms with van der Waals surface area (Å²) in [7, 11) is 0. The third kappa shape index (κ3) is 6.68. The molecule has 112 valence electrons. The van der Waals surface area contributed by atoms with Crippen LogP contribution in [0.3, 0.4) is 0 Å². The molecule has 0 spiro atoms. The summed E-state index contributed by atoms with van der Waals surface area (Å²) in [5, 5.41) is 22.8. The molecule has 0 aliphatic carbocycles. The summed E-state index contributed by atoms with van der Waals surface area (Å²) in [6.45, 7) is 4.86. The van der Waals surface area contributed by atoms with Gasteiger partial charge in [0.1, 0.15) is 0 Å². The van der Waals surface area contributed by atoms with E-state index in [4.69, 9.17) is 10.2 Å². The molecule has 0 aromatic rings. The number of carboxylic acid groups (broad SMARTS) is 1. The quantitative estimate of drug-likeness (QED) is 0.509. The average molecular weight is 292 g/mol. The summed E-state index contributed by atoms with van der Waals surface area (Å²) in [5.41, 5.74) is 0. The first-order chi connectivity index (χ1) is 8.90. The lowest BCUT2D eigenvalue weighted by Crippen LogP contribution is -2.44. The molecule has 1 atom stereocenters. The summed E-state index contributed by atoms with van der Waals surface area (Å²) in [6.07, 6.45) is 2.51. The molecule has 0 saturated carbocycles. The predicted molar refractivity (Wildman–Crippen MR) is 76.5 cm³/mol. The smallest absolute Gasteiger partial charge is 0.332 e. The first kappa shape index (κ1) is 18.0. The van der Waals surface area contributed by atoms with Crippen molar-refractivity contribution in [3.8, 4) is 0 Å². The number of carbonyl (C=O) groups is 2. The van der Waals surface area contributed by atoms with Gasteiger partial charge in [-0.1, -0.05) is 13.8 Å². The second-order valence-corrected chi connectivity index (χ2v) is 5.62. The Hall–Kier alpha value is -0.950. The van der Waals surface area contributed by atoms with E-state index in [-0.39, 0.29) is 23.7 Å². The third-order valence-electron chi connectivity index (χ3n) is 3.28. The molecule has 0 aromatic carbocycles. The van der Waals surface area contributed by atoms with E-state index in [0.29, 0.717) is 6.54 Å². The van der Waals surface area contributed by atoms with E-state index >= 15 is 0 Å². The van der Waals surface area contributed by atoms with E-state index < -0.39 is 12.1 Å². The molecule has 0 saturated heterocycles. The molecule has 0 heterocycles. The highest BCUT2D eigenvalue weighted by Crippen LogP contribution is 2.29. The maximum Gasteiger partial charge on any atom is 0.332 e. The van der Waals surface area contributed by atoms with Crippen LogP contribution in [0.25, 0.3) is 0 Å². The van der Waals surface area contributed by atoms with Gasteiger partial charge in [0.25, 0.3) is 0 Å². The highest BCUT2D eigenvalue weighted by Gasteiger charge is 2.25. The summed E-state index contributed by atoms with van der Waals surface area (Å²) in [6, 6.07) is -0.335. The maximum atomic E-state index is 11.5. The molecular weight excluding hydrogens is 268 g/mol. The molecule has 4 N–H and O–H groups in total. The number of carboxylic acids is 1. The highest BCUT2D eigenvalue weighted by molar-refractivity contribution is 8.00. The van der Waals surface area contributed by atoms with E-state index in [0.717, 1.165) is 12.8 Å². The van der Waals surface area contributed by atoms with Gasteiger partial charge in [0.15, 0.2) is 6.10 Å². The van der Waals surface area contributed by atoms with Gasteiger partial charge in [-0.3, -0.25) is 0 Å². The lowest BCUT2D eigenvalue weighted by molar-refractivity contribution is -0.146. The van der Waals surface area contributed by atoms with Crippen LogP contribution in [-0.4, -0.2) is 52.4 Å². The van der Waals surface area contributed by atoms with Gasteiger partial charge >= 0.3 is 12.0 Å². The van der Waals surface area contributed by atoms with Gasteiger partial charge < -0.3 is 20.8 Å². The van der Waals surface area contributed by atoms with Gasteiger partial charge in [-0.15, -0.1) is 0 Å². The number of aliphatic hydroxyl groups excluding tert-OH is 1. The fraction of sp³-hybridized carbons (Fsp3) is 0.833. The van der Waals surface area contributed by atoms with Crippen LogP contribution in [0.15, 0.2) is 0 Å². The largest absolute Gasteiger partial charge is 0.479 e. The predicted octanol–water partition coefficient (Wildman–Crippen LogP) is 1.04. The van der Waals surface area contributed by atoms with Gasteiger partial charge in [0.05, 0.1) is 0 Å². The van der Waals surface area contributed by atoms with Gasteiger partial charge in [-0.2, -0.15) is 11.8 Å². The zero-order chi connectivity index (χ0) is 14.9. The number of nitrogens with one attached hydrogen (secondary N) is 2. The van der Waals surface area contributed by atoms with Gasteiger partial charge in [-0.25, -0.2) is 9.59 Å². The Balaban J connectivity index is 3.96. The van der Waals surface area contributed by atoms with Crippen molar-refractivity contribution in [2.24, 2.45) is 0 Å². The molecule has 0 rings (SSSR count). The lowest BCUT2D eigenvalue weighted by Gasteiger charge is -2.29. The molecule has 7 heteroatoms. The number of amides is 2. The van der Waals surface area contributed by atoms with Crippen LogP contribution in [0.2, 0.25) is 0 Å². The standard InChI is InChI=1S/C12H24N2O4S/c1-4-12(5-2,19-3)8-14-11(18)13-7-6-9(15)10(16)17/h9,15H,4-8H2,1-3H3,(H,16,17)(H2,13,14,18). The lowest BCUT2D eigenvalue weighted by atomic mass is 10.0. The van der Waals surface area contributed by atoms with E-state index in [1.807, 2.05) is 6.26 Å². The minimum Gasteiger partial charge on any atom is -0.479 e. The van der Waals surface area contributed by atoms with E-state index in [9.17, 15) is 9.59 Å². The highest BCUT2D eigenvalue weighted by atomic mass is 32.2. The SMILES string of the molecule is CCC(CC)(CNC(=O)NCCC(O)C(=O)O)SC. The van der Waals surface area contributed by atoms with Crippen LogP contribution in [0.1, 0.15) is 33.1 Å². The van der Waals surface area contributed by atoms with Gasteiger partial charge in [0.2, 0.25) is 0 Å². The van der Waals surface area contributed by atoms with Gasteiger partial charge in [0, 0.05) is 24.3 Å². The fourth-order valence-electron chi connectivity index (χ4n) is 1.61. The molecule has 0 fully saturated rings. The number of hydrogen-bond donors (Lipinski definition) is 4. The number of urea groups is 1. The zero-order valence-electron chi connectivity index (χ0n) is 11.7. The van der Waals surface area contributed by atoms with Crippen molar-refractivity contribution in [2.45, 2.75) is 44.0 Å². The van der Waals surface area contributed by atoms with Crippen molar-refractivity contribution < 1.29 is 19.8 Å². The van der Waals surface area contributed by atoms with Crippen LogP contribution < -0.4 is 10.6 Å². The number of aliphatic hydroxyl groups is 1. The monoisotopic (exact) mass is 292 g/mol. The Bertz CT molecular complexity index is 287. The Morgan fingerprint density at radius 2 is 1.84 bits per heavy atom. The second-order valence-electron chi connectivity index (χ2n) is 4.35. The van der Waals surface area contributed by atoms with Crippen molar-refractivity contribution in [1.29, 1.82) is 0 Å². The molecule has 0 aliphatic heterocycles. The summed E-state index contributed by atoms with van der Waals surface area (Å²) in [4.78, 5) is 21.9. The van der Waals surface area contributed by atoms with Gasteiger partial charge in [-0.05, 0) is 19.1 Å². The minimum absolute atomic E-state index is 0.00200. The Kier molecular flexibility index (Phi) is 8.58. The fourth-order valence-corrected chi connectivity index (χ4v) is 2.40. The van der Waals surface area contributed by atoms with Crippen molar-refractivity contribution in [3.05, 3.63) is 0 Å². The number of carbonyl (C=O) groups excluding carboxylic acids is 1. The van der Waals surface area contributed by atoms with Crippen LogP contribution >= 0.6 is 11.8 Å². The molecule has 0 aliphatic rings. The number of rotatable bonds is 9. The zero-order valence-corrected chi connectivity index (χ0v) is 12.5. The first-order valence-electron chi connectivity index (χ1n) is 6.38. The minimum atomic E-state index is -1.43.